The van der Waals surface area contributed by atoms with E-state index in [4.69, 9.17) is 4.74 Å². The van der Waals surface area contributed by atoms with E-state index < -0.39 is 5.60 Å². The maximum Gasteiger partial charge on any atom is 0.254 e. The minimum absolute atomic E-state index is 0.109. The summed E-state index contributed by atoms with van der Waals surface area (Å²) in [5.74, 6) is 0.241. The van der Waals surface area contributed by atoms with Gasteiger partial charge in [0.05, 0.1) is 5.60 Å². The highest BCUT2D eigenvalue weighted by Gasteiger charge is 2.61. The van der Waals surface area contributed by atoms with E-state index in [1.165, 1.54) is 5.56 Å². The van der Waals surface area contributed by atoms with Crippen molar-refractivity contribution >= 4 is 5.91 Å². The molecular formula is C21H30N2O2. The van der Waals surface area contributed by atoms with E-state index in [-0.39, 0.29) is 11.5 Å². The van der Waals surface area contributed by atoms with Gasteiger partial charge in [0.15, 0.2) is 0 Å². The normalized spacial score (nSPS) is 29.2. The number of benzene rings is 1. The van der Waals surface area contributed by atoms with Gasteiger partial charge in [0.1, 0.15) is 5.60 Å². The van der Waals surface area contributed by atoms with Crippen LogP contribution >= 0.6 is 0 Å². The summed E-state index contributed by atoms with van der Waals surface area (Å²) in [5, 5.41) is 0. The second-order valence-corrected chi connectivity index (χ2v) is 8.03. The summed E-state index contributed by atoms with van der Waals surface area (Å²) in [7, 11) is 0. The molecule has 4 nitrogen and oxygen atoms in total. The Balaban J connectivity index is 1.38. The van der Waals surface area contributed by atoms with Crippen LogP contribution in [0.3, 0.4) is 0 Å². The highest BCUT2D eigenvalue weighted by Crippen LogP contribution is 2.49. The van der Waals surface area contributed by atoms with Crippen molar-refractivity contribution in [3.8, 4) is 0 Å². The molecule has 2 saturated heterocycles. The zero-order valence-electron chi connectivity index (χ0n) is 15.4. The number of amides is 1. The first kappa shape index (κ1) is 17.0. The predicted octanol–water partition coefficient (Wildman–Crippen LogP) is 2.87. The number of carbonyl (C=O) groups excluding carboxylic acids is 1. The number of hydrogen-bond acceptors (Lipinski definition) is 3. The first-order valence-corrected chi connectivity index (χ1v) is 9.91. The Morgan fingerprint density at radius 3 is 2.60 bits per heavy atom. The molecule has 1 unspecified atom stereocenters. The van der Waals surface area contributed by atoms with Crippen LogP contribution in [0.25, 0.3) is 0 Å². The molecule has 4 heteroatoms. The van der Waals surface area contributed by atoms with Crippen LogP contribution in [0.1, 0.15) is 44.6 Å². The molecule has 0 N–H and O–H groups in total. The molecule has 136 valence electrons. The molecule has 1 saturated carbocycles. The van der Waals surface area contributed by atoms with Gasteiger partial charge in [0, 0.05) is 26.2 Å². The van der Waals surface area contributed by atoms with Crippen molar-refractivity contribution < 1.29 is 9.53 Å². The quantitative estimate of drug-likeness (QED) is 0.843. The Hall–Kier alpha value is -1.39. The number of morpholine rings is 1. The first-order valence-electron chi connectivity index (χ1n) is 9.91. The van der Waals surface area contributed by atoms with E-state index >= 15 is 0 Å². The number of likely N-dealkylation sites (N-methyl/N-ethyl adjacent to an activating group) is 1. The molecule has 25 heavy (non-hydrogen) atoms. The molecule has 0 aromatic heterocycles. The van der Waals surface area contributed by atoms with Crippen LogP contribution < -0.4 is 0 Å². The highest BCUT2D eigenvalue weighted by atomic mass is 16.5. The fraction of sp³-hybridized carbons (Fsp3) is 0.667. The number of nitrogens with zero attached hydrogens (tertiary/aromatic N) is 2. The van der Waals surface area contributed by atoms with Gasteiger partial charge in [-0.1, -0.05) is 30.3 Å². The summed E-state index contributed by atoms with van der Waals surface area (Å²) in [5.41, 5.74) is 0.852. The van der Waals surface area contributed by atoms with Crippen molar-refractivity contribution in [3.05, 3.63) is 35.9 Å². The monoisotopic (exact) mass is 342 g/mol. The molecule has 1 aliphatic carbocycles. The fourth-order valence-electron chi connectivity index (χ4n) is 4.52. The average Bonchev–Trinajstić information content (AvgIpc) is 3.43. The molecule has 1 aromatic rings. The lowest BCUT2D eigenvalue weighted by atomic mass is 9.91. The van der Waals surface area contributed by atoms with Gasteiger partial charge in [-0.3, -0.25) is 4.79 Å². The van der Waals surface area contributed by atoms with E-state index in [1.54, 1.807) is 0 Å². The number of likely N-dealkylation sites (tertiary alicyclic amines) is 1. The van der Waals surface area contributed by atoms with Gasteiger partial charge in [-0.25, -0.2) is 0 Å². The Bertz CT molecular complexity index is 614. The van der Waals surface area contributed by atoms with E-state index in [1.807, 2.05) is 0 Å². The molecule has 3 aliphatic rings. The van der Waals surface area contributed by atoms with Crippen molar-refractivity contribution in [2.24, 2.45) is 0 Å². The standard InChI is InChI=1S/C21H30N2O2/c1-2-23-17-20(25-21(11-12-21)19(23)24)10-6-14-22(16-13-20)15-9-18-7-4-3-5-8-18/h3-5,7-8H,2,6,9-17H2,1H3. The second kappa shape index (κ2) is 6.73. The number of rotatable bonds is 4. The Labute approximate surface area is 151 Å². The van der Waals surface area contributed by atoms with Gasteiger partial charge in [-0.05, 0) is 57.6 Å². The maximum absolute atomic E-state index is 12.6. The fourth-order valence-corrected chi connectivity index (χ4v) is 4.52. The van der Waals surface area contributed by atoms with Crippen LogP contribution in [0.5, 0.6) is 0 Å². The van der Waals surface area contributed by atoms with Gasteiger partial charge in [-0.2, -0.15) is 0 Å². The smallest absolute Gasteiger partial charge is 0.254 e. The second-order valence-electron chi connectivity index (χ2n) is 8.03. The minimum Gasteiger partial charge on any atom is -0.357 e. The minimum atomic E-state index is -0.451. The molecular weight excluding hydrogens is 312 g/mol. The summed E-state index contributed by atoms with van der Waals surface area (Å²) in [6.07, 6.45) is 6.24. The molecule has 2 aliphatic heterocycles. The first-order chi connectivity index (χ1) is 12.1. The van der Waals surface area contributed by atoms with Crippen molar-refractivity contribution in [3.63, 3.8) is 0 Å². The number of ether oxygens (including phenoxy) is 1. The Kier molecular flexibility index (Phi) is 4.59. The summed E-state index contributed by atoms with van der Waals surface area (Å²) in [6, 6.07) is 10.7. The topological polar surface area (TPSA) is 32.8 Å². The van der Waals surface area contributed by atoms with Crippen LogP contribution in [0.4, 0.5) is 0 Å². The highest BCUT2D eigenvalue weighted by molar-refractivity contribution is 5.89. The molecule has 4 rings (SSSR count). The van der Waals surface area contributed by atoms with Gasteiger partial charge in [0.2, 0.25) is 0 Å². The summed E-state index contributed by atoms with van der Waals surface area (Å²) in [6.45, 7) is 7.03. The maximum atomic E-state index is 12.6. The molecule has 0 bridgehead atoms. The van der Waals surface area contributed by atoms with Gasteiger partial charge in [-0.15, -0.1) is 0 Å². The Morgan fingerprint density at radius 1 is 1.08 bits per heavy atom. The average molecular weight is 342 g/mol. The van der Waals surface area contributed by atoms with E-state index in [2.05, 4.69) is 47.1 Å². The summed E-state index contributed by atoms with van der Waals surface area (Å²) < 4.78 is 6.53. The molecule has 0 radical (unpaired) electrons. The SMILES string of the molecule is CCN1CC2(CCCN(CCc3ccccc3)CC2)OC2(CC2)C1=O. The zero-order valence-corrected chi connectivity index (χ0v) is 15.4. The Morgan fingerprint density at radius 2 is 1.88 bits per heavy atom. The zero-order chi connectivity index (χ0) is 17.3. The molecule has 1 atom stereocenters. The molecule has 1 amide bonds. The van der Waals surface area contributed by atoms with Crippen molar-refractivity contribution in [1.29, 1.82) is 0 Å². The molecule has 2 spiro atoms. The van der Waals surface area contributed by atoms with Crippen LogP contribution in [0, 0.1) is 0 Å². The number of hydrogen-bond donors (Lipinski definition) is 0. The molecule has 2 heterocycles. The summed E-state index contributed by atoms with van der Waals surface area (Å²) >= 11 is 0. The predicted molar refractivity (Wildman–Crippen MR) is 98.5 cm³/mol. The van der Waals surface area contributed by atoms with E-state index in [9.17, 15) is 4.79 Å². The van der Waals surface area contributed by atoms with Crippen LogP contribution in [0.2, 0.25) is 0 Å². The van der Waals surface area contributed by atoms with Crippen LogP contribution in [0.15, 0.2) is 30.3 Å². The van der Waals surface area contributed by atoms with Gasteiger partial charge in [0.25, 0.3) is 5.91 Å². The third kappa shape index (κ3) is 3.47. The lowest BCUT2D eigenvalue weighted by Gasteiger charge is -2.46. The van der Waals surface area contributed by atoms with Crippen molar-refractivity contribution in [2.75, 3.05) is 32.7 Å². The van der Waals surface area contributed by atoms with Crippen LogP contribution in [-0.2, 0) is 16.0 Å². The van der Waals surface area contributed by atoms with Crippen LogP contribution in [-0.4, -0.2) is 59.6 Å². The number of carbonyl (C=O) groups is 1. The van der Waals surface area contributed by atoms with Crippen molar-refractivity contribution in [2.45, 2.75) is 56.7 Å². The lowest BCUT2D eigenvalue weighted by Crippen LogP contribution is -2.60. The largest absolute Gasteiger partial charge is 0.357 e. The molecule has 1 aromatic carbocycles. The lowest BCUT2D eigenvalue weighted by molar-refractivity contribution is -0.193. The van der Waals surface area contributed by atoms with Gasteiger partial charge < -0.3 is 14.5 Å². The van der Waals surface area contributed by atoms with Gasteiger partial charge >= 0.3 is 0 Å². The van der Waals surface area contributed by atoms with Crippen molar-refractivity contribution in [1.82, 2.24) is 9.80 Å². The third-order valence-corrected chi connectivity index (χ3v) is 6.20. The summed E-state index contributed by atoms with van der Waals surface area (Å²) in [4.78, 5) is 17.2. The van der Waals surface area contributed by atoms with E-state index in [0.29, 0.717) is 0 Å². The third-order valence-electron chi connectivity index (χ3n) is 6.20. The molecule has 3 fully saturated rings. The van der Waals surface area contributed by atoms with E-state index in [0.717, 1.165) is 71.2 Å².